The first-order valence-electron chi connectivity index (χ1n) is 6.71. The van der Waals surface area contributed by atoms with Gasteiger partial charge in [-0.05, 0) is 23.1 Å². The highest BCUT2D eigenvalue weighted by Gasteiger charge is 2.06. The van der Waals surface area contributed by atoms with Gasteiger partial charge in [-0.15, -0.1) is 0 Å². The van der Waals surface area contributed by atoms with Gasteiger partial charge in [0.2, 0.25) is 5.91 Å². The van der Waals surface area contributed by atoms with Gasteiger partial charge in [-0.25, -0.2) is 4.79 Å². The number of hydrogen-bond acceptors (Lipinski definition) is 3. The monoisotopic (exact) mass is 283 g/mol. The first-order valence-corrected chi connectivity index (χ1v) is 6.71. The summed E-state index contributed by atoms with van der Waals surface area (Å²) in [5.41, 5.74) is 5.30. The van der Waals surface area contributed by atoms with Gasteiger partial charge >= 0.3 is 5.97 Å². The minimum atomic E-state index is -0.485. The molecule has 1 amide bonds. The second-order valence-electron chi connectivity index (χ2n) is 4.79. The number of nitrogens with one attached hydrogen (secondary N) is 1. The van der Waals surface area contributed by atoms with Crippen LogP contribution in [0.4, 0.5) is 0 Å². The molecule has 0 saturated heterocycles. The zero-order valence-electron chi connectivity index (χ0n) is 11.8. The number of amides is 1. The molecule has 0 heterocycles. The van der Waals surface area contributed by atoms with E-state index in [0.29, 0.717) is 0 Å². The van der Waals surface area contributed by atoms with Gasteiger partial charge in [0.1, 0.15) is 0 Å². The minimum Gasteiger partial charge on any atom is -0.340 e. The van der Waals surface area contributed by atoms with Gasteiger partial charge in [-0.1, -0.05) is 54.6 Å². The number of carbonyl (C=O) groups is 2. The van der Waals surface area contributed by atoms with E-state index < -0.39 is 11.9 Å². The van der Waals surface area contributed by atoms with Gasteiger partial charge in [0.15, 0.2) is 0 Å². The zero-order valence-corrected chi connectivity index (χ0v) is 11.8. The average molecular weight is 283 g/mol. The lowest BCUT2D eigenvalue weighted by atomic mass is 10.0. The summed E-state index contributed by atoms with van der Waals surface area (Å²) in [6.07, 6.45) is 0.989. The van der Waals surface area contributed by atoms with Crippen LogP contribution < -0.4 is 5.48 Å². The Kier molecular flexibility index (Phi) is 5.10. The molecule has 0 bridgehead atoms. The molecule has 1 N–H and O–H groups in total. The predicted octanol–water partition coefficient (Wildman–Crippen LogP) is 2.41. The number of hydroxylamine groups is 1. The van der Waals surface area contributed by atoms with Crippen LogP contribution in [0, 0.1) is 0 Å². The Morgan fingerprint density at radius 1 is 0.905 bits per heavy atom. The second-order valence-corrected chi connectivity index (χ2v) is 4.79. The quantitative estimate of drug-likeness (QED) is 0.877. The minimum absolute atomic E-state index is 0.131. The first-order chi connectivity index (χ1) is 10.1. The second kappa shape index (κ2) is 7.24. The van der Waals surface area contributed by atoms with E-state index >= 15 is 0 Å². The Bertz CT molecular complexity index is 606. The molecule has 0 aliphatic rings. The molecule has 4 heteroatoms. The molecule has 0 unspecified atom stereocenters. The maximum atomic E-state index is 11.5. The normalized spacial score (nSPS) is 9.95. The Labute approximate surface area is 123 Å². The van der Waals surface area contributed by atoms with Gasteiger partial charge in [0, 0.05) is 6.92 Å². The summed E-state index contributed by atoms with van der Waals surface area (Å²) in [6, 6.07) is 18.0. The summed E-state index contributed by atoms with van der Waals surface area (Å²) < 4.78 is 0. The van der Waals surface area contributed by atoms with Crippen LogP contribution in [0.25, 0.3) is 0 Å². The van der Waals surface area contributed by atoms with Crippen molar-refractivity contribution < 1.29 is 14.4 Å². The Balaban J connectivity index is 1.90. The summed E-state index contributed by atoms with van der Waals surface area (Å²) in [5.74, 6) is -0.887. The fourth-order valence-corrected chi connectivity index (χ4v) is 1.94. The van der Waals surface area contributed by atoms with Crippen molar-refractivity contribution in [3.05, 3.63) is 71.3 Å². The topological polar surface area (TPSA) is 55.4 Å². The number of hydrogen-bond donors (Lipinski definition) is 1. The maximum absolute atomic E-state index is 11.5. The first kappa shape index (κ1) is 14.8. The SMILES string of the molecule is CC(=O)NOC(=O)Cc1ccc(Cc2ccccc2)cc1. The highest BCUT2D eigenvalue weighted by atomic mass is 16.7. The van der Waals surface area contributed by atoms with Crippen LogP contribution in [0.3, 0.4) is 0 Å². The molecule has 0 atom stereocenters. The molecular formula is C17H17NO3. The number of benzene rings is 2. The zero-order chi connectivity index (χ0) is 15.1. The van der Waals surface area contributed by atoms with Crippen molar-refractivity contribution in [1.82, 2.24) is 5.48 Å². The molecule has 4 nitrogen and oxygen atoms in total. The lowest BCUT2D eigenvalue weighted by Crippen LogP contribution is -2.25. The molecular weight excluding hydrogens is 266 g/mol. The summed E-state index contributed by atoms with van der Waals surface area (Å²) in [7, 11) is 0. The van der Waals surface area contributed by atoms with Gasteiger partial charge in [-0.3, -0.25) is 4.79 Å². The largest absolute Gasteiger partial charge is 0.340 e. The van der Waals surface area contributed by atoms with E-state index in [2.05, 4.69) is 17.0 Å². The van der Waals surface area contributed by atoms with E-state index in [1.165, 1.54) is 18.1 Å². The summed E-state index contributed by atoms with van der Waals surface area (Å²) in [5, 5.41) is 0. The van der Waals surface area contributed by atoms with Crippen LogP contribution >= 0.6 is 0 Å². The molecule has 108 valence electrons. The van der Waals surface area contributed by atoms with Crippen molar-refractivity contribution in [2.24, 2.45) is 0 Å². The van der Waals surface area contributed by atoms with Crippen molar-refractivity contribution >= 4 is 11.9 Å². The predicted molar refractivity (Wildman–Crippen MR) is 79.3 cm³/mol. The van der Waals surface area contributed by atoms with E-state index in [1.807, 2.05) is 47.9 Å². The van der Waals surface area contributed by atoms with Crippen molar-refractivity contribution in [2.75, 3.05) is 0 Å². The molecule has 0 aliphatic carbocycles. The standard InChI is InChI=1S/C17H17NO3/c1-13(19)18-21-17(20)12-16-9-7-15(8-10-16)11-14-5-3-2-4-6-14/h2-10H,11-12H2,1H3,(H,18,19). The molecule has 0 aliphatic heterocycles. The summed E-state index contributed by atoms with van der Waals surface area (Å²) in [6.45, 7) is 1.28. The lowest BCUT2D eigenvalue weighted by molar-refractivity contribution is -0.156. The van der Waals surface area contributed by atoms with E-state index in [9.17, 15) is 9.59 Å². The van der Waals surface area contributed by atoms with E-state index in [1.54, 1.807) is 0 Å². The molecule has 0 spiro atoms. The molecule has 0 saturated carbocycles. The summed E-state index contributed by atoms with van der Waals surface area (Å²) in [4.78, 5) is 26.7. The number of rotatable bonds is 4. The number of carbonyl (C=O) groups excluding carboxylic acids is 2. The fraction of sp³-hybridized carbons (Fsp3) is 0.176. The van der Waals surface area contributed by atoms with Gasteiger partial charge in [0.25, 0.3) is 0 Å². The molecule has 2 rings (SSSR count). The molecule has 0 fully saturated rings. The molecule has 0 radical (unpaired) electrons. The average Bonchev–Trinajstić information content (AvgIpc) is 2.48. The van der Waals surface area contributed by atoms with Crippen LogP contribution in [0.5, 0.6) is 0 Å². The van der Waals surface area contributed by atoms with Gasteiger partial charge in [0.05, 0.1) is 6.42 Å². The van der Waals surface area contributed by atoms with E-state index in [4.69, 9.17) is 0 Å². The van der Waals surface area contributed by atoms with Crippen LogP contribution in [0.1, 0.15) is 23.6 Å². The Hall–Kier alpha value is -2.62. The highest BCUT2D eigenvalue weighted by Crippen LogP contribution is 2.11. The summed E-state index contributed by atoms with van der Waals surface area (Å²) >= 11 is 0. The highest BCUT2D eigenvalue weighted by molar-refractivity contribution is 5.77. The molecule has 21 heavy (non-hydrogen) atoms. The van der Waals surface area contributed by atoms with Crippen molar-refractivity contribution in [3.8, 4) is 0 Å². The fourth-order valence-electron chi connectivity index (χ4n) is 1.94. The third-order valence-electron chi connectivity index (χ3n) is 2.93. The smallest absolute Gasteiger partial charge is 0.336 e. The van der Waals surface area contributed by atoms with Crippen LogP contribution in [0.15, 0.2) is 54.6 Å². The van der Waals surface area contributed by atoms with E-state index in [0.717, 1.165) is 12.0 Å². The molecule has 2 aromatic carbocycles. The van der Waals surface area contributed by atoms with Crippen LogP contribution in [-0.2, 0) is 27.3 Å². The molecule has 2 aromatic rings. The lowest BCUT2D eigenvalue weighted by Gasteiger charge is -2.05. The van der Waals surface area contributed by atoms with Crippen molar-refractivity contribution in [3.63, 3.8) is 0 Å². The Morgan fingerprint density at radius 2 is 1.48 bits per heavy atom. The maximum Gasteiger partial charge on any atom is 0.336 e. The van der Waals surface area contributed by atoms with Crippen LogP contribution in [0.2, 0.25) is 0 Å². The van der Waals surface area contributed by atoms with Crippen LogP contribution in [-0.4, -0.2) is 11.9 Å². The Morgan fingerprint density at radius 3 is 2.10 bits per heavy atom. The molecule has 0 aromatic heterocycles. The third kappa shape index (κ3) is 5.10. The van der Waals surface area contributed by atoms with Crippen molar-refractivity contribution in [2.45, 2.75) is 19.8 Å². The third-order valence-corrected chi connectivity index (χ3v) is 2.93. The van der Waals surface area contributed by atoms with Gasteiger partial charge in [-0.2, -0.15) is 5.48 Å². The van der Waals surface area contributed by atoms with Gasteiger partial charge < -0.3 is 4.84 Å². The van der Waals surface area contributed by atoms with Crippen molar-refractivity contribution in [1.29, 1.82) is 0 Å². The van der Waals surface area contributed by atoms with E-state index in [-0.39, 0.29) is 6.42 Å².